The standard InChI is InChI=1S/C9H14ClN3OS/c1-11-9-12-6-7(10)8(13-9)15-5-3-4-14-2/h6H,3-5H2,1-2H3,(H,11,12,13). The fraction of sp³-hybridized carbons (Fsp3) is 0.556. The van der Waals surface area contributed by atoms with Gasteiger partial charge in [0.25, 0.3) is 0 Å². The monoisotopic (exact) mass is 247 g/mol. The highest BCUT2D eigenvalue weighted by Gasteiger charge is 2.04. The number of hydrogen-bond acceptors (Lipinski definition) is 5. The van der Waals surface area contributed by atoms with Crippen molar-refractivity contribution in [3.05, 3.63) is 11.2 Å². The Morgan fingerprint density at radius 2 is 2.40 bits per heavy atom. The summed E-state index contributed by atoms with van der Waals surface area (Å²) in [5.41, 5.74) is 0. The van der Waals surface area contributed by atoms with Gasteiger partial charge in [-0.15, -0.1) is 11.8 Å². The fourth-order valence-corrected chi connectivity index (χ4v) is 2.00. The highest BCUT2D eigenvalue weighted by Crippen LogP contribution is 2.25. The van der Waals surface area contributed by atoms with Crippen LogP contribution in [0.2, 0.25) is 5.02 Å². The van der Waals surface area contributed by atoms with Crippen molar-refractivity contribution in [3.8, 4) is 0 Å². The topological polar surface area (TPSA) is 47.0 Å². The second-order valence-corrected chi connectivity index (χ2v) is 4.28. The molecule has 1 aromatic rings. The number of rotatable bonds is 6. The van der Waals surface area contributed by atoms with Gasteiger partial charge in [0.15, 0.2) is 0 Å². The number of aromatic nitrogens is 2. The number of halogens is 1. The van der Waals surface area contributed by atoms with E-state index in [9.17, 15) is 0 Å². The van der Waals surface area contributed by atoms with Crippen LogP contribution in [0.15, 0.2) is 11.2 Å². The zero-order valence-corrected chi connectivity index (χ0v) is 10.4. The number of methoxy groups -OCH3 is 1. The second-order valence-electron chi connectivity index (χ2n) is 2.79. The van der Waals surface area contributed by atoms with Crippen molar-refractivity contribution in [1.82, 2.24) is 9.97 Å². The maximum atomic E-state index is 5.96. The average Bonchev–Trinajstić information content (AvgIpc) is 2.26. The fourth-order valence-electron chi connectivity index (χ4n) is 0.945. The van der Waals surface area contributed by atoms with Crippen LogP contribution in [0.3, 0.4) is 0 Å². The third kappa shape index (κ3) is 4.24. The molecule has 0 bridgehead atoms. The summed E-state index contributed by atoms with van der Waals surface area (Å²) in [6.07, 6.45) is 2.59. The van der Waals surface area contributed by atoms with E-state index in [2.05, 4.69) is 15.3 Å². The predicted octanol–water partition coefficient (Wildman–Crippen LogP) is 2.30. The minimum absolute atomic E-state index is 0.591. The van der Waals surface area contributed by atoms with Crippen molar-refractivity contribution in [2.24, 2.45) is 0 Å². The Morgan fingerprint density at radius 1 is 1.60 bits per heavy atom. The highest BCUT2D eigenvalue weighted by molar-refractivity contribution is 7.99. The smallest absolute Gasteiger partial charge is 0.223 e. The SMILES string of the molecule is CNc1ncc(Cl)c(SCCCOC)n1. The molecule has 0 unspecified atom stereocenters. The first-order valence-corrected chi connectivity index (χ1v) is 5.96. The van der Waals surface area contributed by atoms with E-state index in [0.717, 1.165) is 23.8 Å². The minimum Gasteiger partial charge on any atom is -0.385 e. The average molecular weight is 248 g/mol. The molecule has 84 valence electrons. The van der Waals surface area contributed by atoms with Crippen LogP contribution in [0.4, 0.5) is 5.95 Å². The summed E-state index contributed by atoms with van der Waals surface area (Å²) in [5, 5.41) is 4.28. The van der Waals surface area contributed by atoms with Gasteiger partial charge in [-0.05, 0) is 6.42 Å². The third-order valence-corrected chi connectivity index (χ3v) is 3.13. The van der Waals surface area contributed by atoms with Gasteiger partial charge in [0.05, 0.1) is 11.2 Å². The molecule has 1 N–H and O–H groups in total. The first-order valence-electron chi connectivity index (χ1n) is 4.60. The Labute approximate surface area is 98.8 Å². The Kier molecular flexibility index (Phi) is 5.75. The van der Waals surface area contributed by atoms with Gasteiger partial charge in [-0.1, -0.05) is 11.6 Å². The Balaban J connectivity index is 2.51. The van der Waals surface area contributed by atoms with E-state index in [4.69, 9.17) is 16.3 Å². The molecule has 0 aliphatic heterocycles. The predicted molar refractivity (Wildman–Crippen MR) is 63.8 cm³/mol. The molecule has 15 heavy (non-hydrogen) atoms. The van der Waals surface area contributed by atoms with Gasteiger partial charge in [0, 0.05) is 26.5 Å². The van der Waals surface area contributed by atoms with E-state index < -0.39 is 0 Å². The lowest BCUT2D eigenvalue weighted by atomic mass is 10.5. The zero-order valence-electron chi connectivity index (χ0n) is 8.79. The maximum absolute atomic E-state index is 5.96. The summed E-state index contributed by atoms with van der Waals surface area (Å²) in [7, 11) is 3.48. The Morgan fingerprint density at radius 3 is 3.07 bits per heavy atom. The number of ether oxygens (including phenoxy) is 1. The lowest BCUT2D eigenvalue weighted by Gasteiger charge is -2.04. The van der Waals surface area contributed by atoms with Crippen LogP contribution in [0.5, 0.6) is 0 Å². The molecule has 1 heterocycles. The number of nitrogens with one attached hydrogen (secondary N) is 1. The van der Waals surface area contributed by atoms with E-state index in [1.54, 1.807) is 32.1 Å². The van der Waals surface area contributed by atoms with Crippen LogP contribution in [0, 0.1) is 0 Å². The molecule has 1 aromatic heterocycles. The first kappa shape index (κ1) is 12.5. The third-order valence-electron chi connectivity index (χ3n) is 1.67. The molecule has 0 aliphatic rings. The molecule has 0 saturated heterocycles. The lowest BCUT2D eigenvalue weighted by Crippen LogP contribution is -1.98. The van der Waals surface area contributed by atoms with Crippen molar-refractivity contribution in [1.29, 1.82) is 0 Å². The molecule has 0 aliphatic carbocycles. The Hall–Kier alpha value is -0.520. The summed E-state index contributed by atoms with van der Waals surface area (Å²) < 4.78 is 4.96. The van der Waals surface area contributed by atoms with Gasteiger partial charge in [-0.3, -0.25) is 0 Å². The minimum atomic E-state index is 0.591. The molecule has 0 amide bonds. The van der Waals surface area contributed by atoms with Crippen LogP contribution in [0.25, 0.3) is 0 Å². The molecular formula is C9H14ClN3OS. The van der Waals surface area contributed by atoms with Gasteiger partial charge in [-0.25, -0.2) is 9.97 Å². The van der Waals surface area contributed by atoms with Crippen LogP contribution in [-0.2, 0) is 4.74 Å². The number of anilines is 1. The van der Waals surface area contributed by atoms with Crippen LogP contribution >= 0.6 is 23.4 Å². The van der Waals surface area contributed by atoms with Gasteiger partial charge >= 0.3 is 0 Å². The van der Waals surface area contributed by atoms with Gasteiger partial charge in [-0.2, -0.15) is 0 Å². The van der Waals surface area contributed by atoms with Crippen LogP contribution in [-0.4, -0.2) is 36.5 Å². The molecule has 0 atom stereocenters. The van der Waals surface area contributed by atoms with Crippen molar-refractivity contribution < 1.29 is 4.74 Å². The molecule has 0 spiro atoms. The van der Waals surface area contributed by atoms with Crippen LogP contribution < -0.4 is 5.32 Å². The summed E-state index contributed by atoms with van der Waals surface area (Å²) in [6.45, 7) is 0.759. The number of thioether (sulfide) groups is 1. The highest BCUT2D eigenvalue weighted by atomic mass is 35.5. The van der Waals surface area contributed by atoms with Gasteiger partial charge in [0.1, 0.15) is 5.03 Å². The molecule has 0 aromatic carbocycles. The second kappa shape index (κ2) is 6.87. The van der Waals surface area contributed by atoms with Crippen molar-refractivity contribution in [2.45, 2.75) is 11.4 Å². The van der Waals surface area contributed by atoms with Crippen molar-refractivity contribution >= 4 is 29.3 Å². The summed E-state index contributed by atoms with van der Waals surface area (Å²) in [4.78, 5) is 8.27. The largest absolute Gasteiger partial charge is 0.385 e. The first-order chi connectivity index (χ1) is 7.27. The van der Waals surface area contributed by atoms with Crippen molar-refractivity contribution in [2.75, 3.05) is 31.8 Å². The maximum Gasteiger partial charge on any atom is 0.223 e. The van der Waals surface area contributed by atoms with Crippen molar-refractivity contribution in [3.63, 3.8) is 0 Å². The quantitative estimate of drug-likeness (QED) is 0.475. The molecule has 4 nitrogen and oxygen atoms in total. The molecule has 0 saturated carbocycles. The van der Waals surface area contributed by atoms with E-state index in [1.807, 2.05) is 0 Å². The van der Waals surface area contributed by atoms with Gasteiger partial charge in [0.2, 0.25) is 5.95 Å². The lowest BCUT2D eigenvalue weighted by molar-refractivity contribution is 0.200. The molecule has 1 rings (SSSR count). The summed E-state index contributed by atoms with van der Waals surface area (Å²) in [6, 6.07) is 0. The summed E-state index contributed by atoms with van der Waals surface area (Å²) in [5.74, 6) is 1.53. The zero-order chi connectivity index (χ0) is 11.1. The molecule has 0 radical (unpaired) electrons. The molecular weight excluding hydrogens is 234 g/mol. The van der Waals surface area contributed by atoms with E-state index in [-0.39, 0.29) is 0 Å². The summed E-state index contributed by atoms with van der Waals surface area (Å²) >= 11 is 7.57. The number of nitrogens with zero attached hydrogens (tertiary/aromatic N) is 2. The molecule has 6 heteroatoms. The van der Waals surface area contributed by atoms with Gasteiger partial charge < -0.3 is 10.1 Å². The van der Waals surface area contributed by atoms with Crippen LogP contribution in [0.1, 0.15) is 6.42 Å². The van der Waals surface area contributed by atoms with E-state index in [0.29, 0.717) is 11.0 Å². The van der Waals surface area contributed by atoms with E-state index >= 15 is 0 Å². The molecule has 0 fully saturated rings. The number of hydrogen-bond donors (Lipinski definition) is 1. The van der Waals surface area contributed by atoms with E-state index in [1.165, 1.54) is 0 Å². The Bertz CT molecular complexity index is 311. The normalized spacial score (nSPS) is 10.3.